The highest BCUT2D eigenvalue weighted by Crippen LogP contribution is 2.27. The van der Waals surface area contributed by atoms with Crippen LogP contribution in [0, 0.1) is 12.8 Å². The number of hydrogen-bond acceptors (Lipinski definition) is 2. The van der Waals surface area contributed by atoms with Crippen LogP contribution in [0.25, 0.3) is 0 Å². The minimum Gasteiger partial charge on any atom is -0.354 e. The zero-order chi connectivity index (χ0) is 22.3. The zero-order valence-electron chi connectivity index (χ0n) is 18.0. The average molecular weight is 449 g/mol. The number of rotatable bonds is 9. The summed E-state index contributed by atoms with van der Waals surface area (Å²) >= 11 is 12.7. The Balaban J connectivity index is 2.33. The van der Waals surface area contributed by atoms with Gasteiger partial charge in [0.25, 0.3) is 0 Å². The summed E-state index contributed by atoms with van der Waals surface area (Å²) in [5, 5.41) is 3.92. The van der Waals surface area contributed by atoms with Gasteiger partial charge in [-0.2, -0.15) is 0 Å². The van der Waals surface area contributed by atoms with Gasteiger partial charge < -0.3 is 10.2 Å². The normalized spacial score (nSPS) is 12.0. The van der Waals surface area contributed by atoms with Gasteiger partial charge in [0.1, 0.15) is 6.04 Å². The molecule has 0 saturated heterocycles. The van der Waals surface area contributed by atoms with E-state index >= 15 is 0 Å². The number of carbonyl (C=O) groups excluding carboxylic acids is 2. The highest BCUT2D eigenvalue weighted by Gasteiger charge is 2.29. The maximum atomic E-state index is 13.3. The van der Waals surface area contributed by atoms with E-state index < -0.39 is 6.04 Å². The molecule has 0 aliphatic heterocycles. The lowest BCUT2D eigenvalue weighted by Gasteiger charge is -2.31. The molecule has 2 rings (SSSR count). The second-order valence-electron chi connectivity index (χ2n) is 7.95. The molecule has 2 amide bonds. The van der Waals surface area contributed by atoms with Crippen molar-refractivity contribution in [2.45, 2.75) is 53.1 Å². The van der Waals surface area contributed by atoms with Crippen molar-refractivity contribution >= 4 is 35.0 Å². The minimum atomic E-state index is -0.603. The third-order valence-corrected chi connectivity index (χ3v) is 5.64. The van der Waals surface area contributed by atoms with Crippen molar-refractivity contribution in [3.63, 3.8) is 0 Å². The lowest BCUT2D eigenvalue weighted by molar-refractivity contribution is -0.141. The van der Waals surface area contributed by atoms with Crippen LogP contribution in [0.4, 0.5) is 0 Å². The summed E-state index contributed by atoms with van der Waals surface area (Å²) in [6.45, 7) is 8.71. The van der Waals surface area contributed by atoms with E-state index in [2.05, 4.69) is 5.32 Å². The van der Waals surface area contributed by atoms with Crippen LogP contribution >= 0.6 is 23.2 Å². The molecule has 0 saturated carbocycles. The molecule has 2 aromatic carbocycles. The third-order valence-electron chi connectivity index (χ3n) is 4.94. The number of aryl methyl sites for hydroxylation is 1. The first kappa shape index (κ1) is 24.2. The molecule has 0 heterocycles. The van der Waals surface area contributed by atoms with Crippen molar-refractivity contribution in [1.82, 2.24) is 10.2 Å². The number of hydrogen-bond donors (Lipinski definition) is 1. The molecule has 0 aliphatic carbocycles. The lowest BCUT2D eigenvalue weighted by atomic mass is 10.1. The summed E-state index contributed by atoms with van der Waals surface area (Å²) in [6, 6.07) is 12.5. The van der Waals surface area contributed by atoms with Crippen LogP contribution < -0.4 is 5.32 Å². The van der Waals surface area contributed by atoms with E-state index in [0.29, 0.717) is 34.5 Å². The average Bonchev–Trinajstić information content (AvgIpc) is 2.70. The highest BCUT2D eigenvalue weighted by atomic mass is 35.5. The van der Waals surface area contributed by atoms with Gasteiger partial charge in [0.2, 0.25) is 11.8 Å². The first-order valence-corrected chi connectivity index (χ1v) is 11.0. The van der Waals surface area contributed by atoms with Crippen LogP contribution in [0.3, 0.4) is 0 Å². The van der Waals surface area contributed by atoms with Gasteiger partial charge in [-0.05, 0) is 37.0 Å². The van der Waals surface area contributed by atoms with E-state index in [9.17, 15) is 9.59 Å². The number of carbonyl (C=O) groups is 2. The largest absolute Gasteiger partial charge is 0.354 e. The number of benzene rings is 2. The maximum Gasteiger partial charge on any atom is 0.242 e. The summed E-state index contributed by atoms with van der Waals surface area (Å²) in [7, 11) is 0. The van der Waals surface area contributed by atoms with Crippen molar-refractivity contribution in [2.24, 2.45) is 5.92 Å². The number of halogens is 2. The predicted molar refractivity (Wildman–Crippen MR) is 124 cm³/mol. The Morgan fingerprint density at radius 3 is 2.17 bits per heavy atom. The fourth-order valence-electron chi connectivity index (χ4n) is 3.18. The van der Waals surface area contributed by atoms with Crippen molar-refractivity contribution in [3.05, 3.63) is 69.2 Å². The predicted octanol–water partition coefficient (Wildman–Crippen LogP) is 5.42. The van der Waals surface area contributed by atoms with Crippen LogP contribution in [-0.4, -0.2) is 29.3 Å². The van der Waals surface area contributed by atoms with Gasteiger partial charge in [0.05, 0.1) is 6.42 Å². The minimum absolute atomic E-state index is 0.138. The lowest BCUT2D eigenvalue weighted by Crippen LogP contribution is -2.50. The molecule has 1 N–H and O–H groups in total. The molecule has 0 bridgehead atoms. The summed E-state index contributed by atoms with van der Waals surface area (Å²) in [4.78, 5) is 27.8. The van der Waals surface area contributed by atoms with Crippen molar-refractivity contribution in [3.8, 4) is 0 Å². The number of amides is 2. The van der Waals surface area contributed by atoms with E-state index in [1.165, 1.54) is 0 Å². The molecule has 0 aromatic heterocycles. The van der Waals surface area contributed by atoms with Gasteiger partial charge in [-0.15, -0.1) is 0 Å². The summed E-state index contributed by atoms with van der Waals surface area (Å²) in [5.74, 6) is 0.0224. The van der Waals surface area contributed by atoms with Crippen molar-refractivity contribution in [2.75, 3.05) is 6.54 Å². The topological polar surface area (TPSA) is 49.4 Å². The molecule has 1 unspecified atom stereocenters. The molecule has 162 valence electrons. The van der Waals surface area contributed by atoms with Crippen LogP contribution in [0.2, 0.25) is 10.0 Å². The molecule has 0 radical (unpaired) electrons. The van der Waals surface area contributed by atoms with Gasteiger partial charge in [-0.25, -0.2) is 0 Å². The Morgan fingerprint density at radius 2 is 1.63 bits per heavy atom. The quantitative estimate of drug-likeness (QED) is 0.556. The van der Waals surface area contributed by atoms with Crippen LogP contribution in [0.1, 0.15) is 43.9 Å². The SMILES string of the molecule is CCC(C(=O)NCC(C)C)N(Cc1c(Cl)cccc1Cl)C(=O)Cc1ccc(C)cc1. The fraction of sp³-hybridized carbons (Fsp3) is 0.417. The van der Waals surface area contributed by atoms with Crippen LogP contribution in [0.15, 0.2) is 42.5 Å². The smallest absolute Gasteiger partial charge is 0.242 e. The zero-order valence-corrected chi connectivity index (χ0v) is 19.6. The summed E-state index contributed by atoms with van der Waals surface area (Å²) in [6.07, 6.45) is 0.696. The molecule has 6 heteroatoms. The molecule has 4 nitrogen and oxygen atoms in total. The molecule has 1 atom stereocenters. The molecular formula is C24H30Cl2N2O2. The van der Waals surface area contributed by atoms with E-state index in [0.717, 1.165) is 11.1 Å². The van der Waals surface area contributed by atoms with Crippen molar-refractivity contribution in [1.29, 1.82) is 0 Å². The monoisotopic (exact) mass is 448 g/mol. The van der Waals surface area contributed by atoms with Crippen LogP contribution in [-0.2, 0) is 22.6 Å². The molecular weight excluding hydrogens is 419 g/mol. The van der Waals surface area contributed by atoms with E-state index in [1.807, 2.05) is 52.0 Å². The second-order valence-corrected chi connectivity index (χ2v) is 8.76. The van der Waals surface area contributed by atoms with Gasteiger partial charge >= 0.3 is 0 Å². The van der Waals surface area contributed by atoms with Gasteiger partial charge in [-0.3, -0.25) is 9.59 Å². The third kappa shape index (κ3) is 6.75. The Bertz CT molecular complexity index is 846. The summed E-state index contributed by atoms with van der Waals surface area (Å²) in [5.41, 5.74) is 2.68. The van der Waals surface area contributed by atoms with Crippen molar-refractivity contribution < 1.29 is 9.59 Å². The standard InChI is InChI=1S/C24H30Cl2N2O2/c1-5-22(24(30)27-14-16(2)3)28(15-19-20(25)7-6-8-21(19)26)23(29)13-18-11-9-17(4)10-12-18/h6-12,16,22H,5,13-15H2,1-4H3,(H,27,30). The summed E-state index contributed by atoms with van der Waals surface area (Å²) < 4.78 is 0. The Labute approximate surface area is 189 Å². The second kappa shape index (κ2) is 11.4. The highest BCUT2D eigenvalue weighted by molar-refractivity contribution is 6.36. The maximum absolute atomic E-state index is 13.3. The molecule has 0 aliphatic rings. The van der Waals surface area contributed by atoms with E-state index in [4.69, 9.17) is 23.2 Å². The van der Waals surface area contributed by atoms with Gasteiger partial charge in [0, 0.05) is 28.7 Å². The molecule has 2 aromatic rings. The fourth-order valence-corrected chi connectivity index (χ4v) is 3.69. The molecule has 0 spiro atoms. The van der Waals surface area contributed by atoms with Gasteiger partial charge in [-0.1, -0.05) is 79.9 Å². The molecule has 0 fully saturated rings. The van der Waals surface area contributed by atoms with Crippen LogP contribution in [0.5, 0.6) is 0 Å². The number of nitrogens with zero attached hydrogens (tertiary/aromatic N) is 1. The molecule has 30 heavy (non-hydrogen) atoms. The Morgan fingerprint density at radius 1 is 1.03 bits per heavy atom. The first-order chi connectivity index (χ1) is 14.2. The first-order valence-electron chi connectivity index (χ1n) is 10.3. The Hall–Kier alpha value is -2.04. The van der Waals surface area contributed by atoms with E-state index in [1.54, 1.807) is 23.1 Å². The van der Waals surface area contributed by atoms with Gasteiger partial charge in [0.15, 0.2) is 0 Å². The number of nitrogens with one attached hydrogen (secondary N) is 1. The Kier molecular flexibility index (Phi) is 9.19. The van der Waals surface area contributed by atoms with E-state index in [-0.39, 0.29) is 24.8 Å².